The van der Waals surface area contributed by atoms with Crippen molar-refractivity contribution in [3.63, 3.8) is 0 Å². The number of likely N-dealkylation sites (tertiary alicyclic amines) is 2. The van der Waals surface area contributed by atoms with Gasteiger partial charge in [-0.05, 0) is 49.9 Å². The number of nitrogens with two attached hydrogens (primary N) is 1. The maximum absolute atomic E-state index is 13.5. The van der Waals surface area contributed by atoms with E-state index in [-0.39, 0.29) is 42.0 Å². The summed E-state index contributed by atoms with van der Waals surface area (Å²) in [7, 11) is 3.84. The van der Waals surface area contributed by atoms with Crippen molar-refractivity contribution in [2.24, 2.45) is 11.7 Å². The first-order valence-corrected chi connectivity index (χ1v) is 11.5. The number of ketones is 1. The first-order chi connectivity index (χ1) is 15.5. The van der Waals surface area contributed by atoms with Crippen molar-refractivity contribution >= 4 is 29.2 Å². The molecule has 2 heterocycles. The smallest absolute Gasteiger partial charge is 0.251 e. The number of carbonyl (C=O) groups excluding carboxylic acids is 4. The molecule has 0 saturated carbocycles. The van der Waals surface area contributed by atoms with Crippen LogP contribution in [0.5, 0.6) is 0 Å². The highest BCUT2D eigenvalue weighted by Gasteiger charge is 2.52. The zero-order valence-electron chi connectivity index (χ0n) is 20.1. The normalized spacial score (nSPS) is 21.7. The molecule has 9 nitrogen and oxygen atoms in total. The van der Waals surface area contributed by atoms with Gasteiger partial charge in [0.25, 0.3) is 5.91 Å². The number of anilines is 1. The van der Waals surface area contributed by atoms with E-state index in [2.05, 4.69) is 5.32 Å². The third kappa shape index (κ3) is 5.19. The number of fused-ring (bicyclic) bond motifs is 1. The molecule has 2 aliphatic rings. The van der Waals surface area contributed by atoms with Crippen LogP contribution in [-0.4, -0.2) is 84.7 Å². The van der Waals surface area contributed by atoms with Gasteiger partial charge in [0.1, 0.15) is 12.1 Å². The van der Waals surface area contributed by atoms with Gasteiger partial charge in [-0.25, -0.2) is 0 Å². The molecule has 180 valence electrons. The van der Waals surface area contributed by atoms with Gasteiger partial charge in [-0.1, -0.05) is 13.8 Å². The maximum Gasteiger partial charge on any atom is 0.251 e. The molecule has 0 bridgehead atoms. The average Bonchev–Trinajstić information content (AvgIpc) is 3.33. The molecule has 0 aromatic heterocycles. The quantitative estimate of drug-likeness (QED) is 0.620. The van der Waals surface area contributed by atoms with Gasteiger partial charge in [0.2, 0.25) is 11.8 Å². The van der Waals surface area contributed by atoms with Gasteiger partial charge in [-0.3, -0.25) is 19.2 Å². The number of nitrogens with one attached hydrogen (secondary N) is 1. The third-order valence-corrected chi connectivity index (χ3v) is 6.33. The second-order valence-corrected chi connectivity index (χ2v) is 9.65. The van der Waals surface area contributed by atoms with Crippen LogP contribution >= 0.6 is 0 Å². The van der Waals surface area contributed by atoms with Crippen LogP contribution in [0.1, 0.15) is 44.0 Å². The first kappa shape index (κ1) is 24.7. The molecule has 3 rings (SSSR count). The second kappa shape index (κ2) is 9.91. The Bertz CT molecular complexity index is 912. The summed E-state index contributed by atoms with van der Waals surface area (Å²) in [5.74, 6) is -0.893. The van der Waals surface area contributed by atoms with Gasteiger partial charge in [0, 0.05) is 31.9 Å². The van der Waals surface area contributed by atoms with E-state index in [1.165, 1.54) is 4.90 Å². The molecular weight excluding hydrogens is 422 g/mol. The van der Waals surface area contributed by atoms with Crippen LogP contribution in [0.15, 0.2) is 24.3 Å². The number of Topliss-reactive ketones (excluding diaryl/α,β-unsaturated/α-hetero) is 1. The Labute approximate surface area is 195 Å². The standard InChI is InChI=1S/C24H35N5O4/c1-14(2)12-18(26-22(31)16-6-8-17(9-7-16)27(4)5)24(33)28-11-10-19-21(28)20(30)13-29(19)23(32)15(3)25/h6-9,14-15,18-19,21H,10-13,25H2,1-5H3,(H,26,31)/t15-,18+,19?,21+/m1/s1. The minimum atomic E-state index is -0.754. The molecular formula is C24H35N5O4. The van der Waals surface area contributed by atoms with Crippen LogP contribution in [0.4, 0.5) is 5.69 Å². The van der Waals surface area contributed by atoms with E-state index < -0.39 is 18.1 Å². The lowest BCUT2D eigenvalue weighted by Gasteiger charge is -2.29. The lowest BCUT2D eigenvalue weighted by Crippen LogP contribution is -2.53. The van der Waals surface area contributed by atoms with E-state index in [4.69, 9.17) is 5.73 Å². The molecule has 9 heteroatoms. The van der Waals surface area contributed by atoms with E-state index >= 15 is 0 Å². The Morgan fingerprint density at radius 3 is 2.27 bits per heavy atom. The van der Waals surface area contributed by atoms with Gasteiger partial charge in [0.15, 0.2) is 5.78 Å². The molecule has 1 unspecified atom stereocenters. The summed E-state index contributed by atoms with van der Waals surface area (Å²) in [6.07, 6.45) is 0.972. The maximum atomic E-state index is 13.5. The van der Waals surface area contributed by atoms with Gasteiger partial charge in [-0.15, -0.1) is 0 Å². The number of hydrogen-bond donors (Lipinski definition) is 2. The molecule has 0 spiro atoms. The van der Waals surface area contributed by atoms with Crippen LogP contribution < -0.4 is 16.0 Å². The van der Waals surface area contributed by atoms with Gasteiger partial charge >= 0.3 is 0 Å². The summed E-state index contributed by atoms with van der Waals surface area (Å²) in [5, 5.41) is 2.88. The summed E-state index contributed by atoms with van der Waals surface area (Å²) in [6, 6.07) is 4.67. The van der Waals surface area contributed by atoms with E-state index in [1.54, 1.807) is 24.0 Å². The van der Waals surface area contributed by atoms with Crippen LogP contribution in [-0.2, 0) is 14.4 Å². The monoisotopic (exact) mass is 457 g/mol. The second-order valence-electron chi connectivity index (χ2n) is 9.65. The Hall–Kier alpha value is -2.94. The predicted octanol–water partition coefficient (Wildman–Crippen LogP) is 0.625. The van der Waals surface area contributed by atoms with Crippen molar-refractivity contribution in [2.75, 3.05) is 32.1 Å². The van der Waals surface area contributed by atoms with Crippen molar-refractivity contribution in [3.05, 3.63) is 29.8 Å². The molecule has 33 heavy (non-hydrogen) atoms. The Morgan fingerprint density at radius 2 is 1.73 bits per heavy atom. The fourth-order valence-corrected chi connectivity index (χ4v) is 4.67. The fraction of sp³-hybridized carbons (Fsp3) is 0.583. The predicted molar refractivity (Wildman–Crippen MR) is 126 cm³/mol. The Morgan fingerprint density at radius 1 is 1.09 bits per heavy atom. The molecule has 0 aliphatic carbocycles. The van der Waals surface area contributed by atoms with Crippen LogP contribution in [0.2, 0.25) is 0 Å². The van der Waals surface area contributed by atoms with Crippen LogP contribution in [0.25, 0.3) is 0 Å². The summed E-state index contributed by atoms with van der Waals surface area (Å²) in [5.41, 5.74) is 7.18. The number of nitrogens with zero attached hydrogens (tertiary/aromatic N) is 3. The number of carbonyl (C=O) groups is 4. The number of hydrogen-bond acceptors (Lipinski definition) is 6. The van der Waals surface area contributed by atoms with Crippen molar-refractivity contribution in [1.29, 1.82) is 0 Å². The van der Waals surface area contributed by atoms with Crippen molar-refractivity contribution < 1.29 is 19.2 Å². The average molecular weight is 458 g/mol. The first-order valence-electron chi connectivity index (χ1n) is 11.5. The fourth-order valence-electron chi connectivity index (χ4n) is 4.67. The largest absolute Gasteiger partial charge is 0.378 e. The Balaban J connectivity index is 1.76. The van der Waals surface area contributed by atoms with E-state index in [1.807, 2.05) is 45.0 Å². The lowest BCUT2D eigenvalue weighted by atomic mass is 10.0. The topological polar surface area (TPSA) is 116 Å². The molecule has 3 amide bonds. The van der Waals surface area contributed by atoms with Gasteiger partial charge < -0.3 is 25.8 Å². The zero-order valence-corrected chi connectivity index (χ0v) is 20.1. The van der Waals surface area contributed by atoms with E-state index in [0.29, 0.717) is 24.9 Å². The molecule has 3 N–H and O–H groups in total. The van der Waals surface area contributed by atoms with E-state index in [9.17, 15) is 19.2 Å². The highest BCUT2D eigenvalue weighted by atomic mass is 16.2. The molecule has 1 aromatic rings. The van der Waals surface area contributed by atoms with Gasteiger partial charge in [0.05, 0.1) is 18.6 Å². The molecule has 0 radical (unpaired) electrons. The molecule has 1 aromatic carbocycles. The summed E-state index contributed by atoms with van der Waals surface area (Å²) < 4.78 is 0. The minimum Gasteiger partial charge on any atom is -0.378 e. The summed E-state index contributed by atoms with van der Waals surface area (Å²) in [6.45, 7) is 5.89. The SMILES string of the molecule is CC(C)C[C@H](NC(=O)c1ccc(N(C)C)cc1)C(=O)N1CCC2[C@H]1C(=O)CN2C(=O)[C@@H](C)N. The number of rotatable bonds is 7. The van der Waals surface area contributed by atoms with Gasteiger partial charge in [-0.2, -0.15) is 0 Å². The van der Waals surface area contributed by atoms with Crippen molar-refractivity contribution in [3.8, 4) is 0 Å². The van der Waals surface area contributed by atoms with Crippen LogP contribution in [0, 0.1) is 5.92 Å². The molecule has 2 fully saturated rings. The lowest BCUT2D eigenvalue weighted by molar-refractivity contribution is -0.138. The third-order valence-electron chi connectivity index (χ3n) is 6.33. The summed E-state index contributed by atoms with van der Waals surface area (Å²) >= 11 is 0. The Kier molecular flexibility index (Phi) is 7.41. The van der Waals surface area contributed by atoms with Crippen LogP contribution in [0.3, 0.4) is 0 Å². The molecule has 4 atom stereocenters. The van der Waals surface area contributed by atoms with Crippen molar-refractivity contribution in [2.45, 2.75) is 57.8 Å². The summed E-state index contributed by atoms with van der Waals surface area (Å²) in [4.78, 5) is 56.6. The number of benzene rings is 1. The molecule has 2 saturated heterocycles. The number of amides is 3. The molecule has 2 aliphatic heterocycles. The van der Waals surface area contributed by atoms with E-state index in [0.717, 1.165) is 5.69 Å². The highest BCUT2D eigenvalue weighted by Crippen LogP contribution is 2.31. The highest BCUT2D eigenvalue weighted by molar-refractivity contribution is 6.01. The zero-order chi connectivity index (χ0) is 24.4. The van der Waals surface area contributed by atoms with Crippen molar-refractivity contribution in [1.82, 2.24) is 15.1 Å². The minimum absolute atomic E-state index is 0.0289.